The van der Waals surface area contributed by atoms with Gasteiger partial charge in [0.25, 0.3) is 0 Å². The van der Waals surface area contributed by atoms with Gasteiger partial charge in [-0.05, 0) is 42.7 Å². The second kappa shape index (κ2) is 5.04. The molecule has 2 heteroatoms. The summed E-state index contributed by atoms with van der Waals surface area (Å²) in [5.41, 5.74) is 5.71. The van der Waals surface area contributed by atoms with E-state index in [9.17, 15) is 0 Å². The zero-order chi connectivity index (χ0) is 8.10. The fourth-order valence-corrected chi connectivity index (χ4v) is 3.22. The first-order valence-corrected chi connectivity index (χ1v) is 5.81. The molecular formula is C9H19NS. The van der Waals surface area contributed by atoms with E-state index in [-0.39, 0.29) is 0 Å². The second-order valence-corrected chi connectivity index (χ2v) is 4.56. The van der Waals surface area contributed by atoms with Crippen LogP contribution in [0.2, 0.25) is 0 Å². The molecule has 0 aromatic carbocycles. The van der Waals surface area contributed by atoms with E-state index in [1.165, 1.54) is 30.8 Å². The summed E-state index contributed by atoms with van der Waals surface area (Å²) in [5, 5.41) is 0. The highest BCUT2D eigenvalue weighted by Crippen LogP contribution is 2.30. The van der Waals surface area contributed by atoms with E-state index in [2.05, 4.69) is 18.7 Å². The Hall–Kier alpha value is 0.310. The van der Waals surface area contributed by atoms with Crippen LogP contribution in [0.25, 0.3) is 0 Å². The molecule has 1 nitrogen and oxygen atoms in total. The molecule has 2 atom stereocenters. The third kappa shape index (κ3) is 2.68. The van der Waals surface area contributed by atoms with Crippen molar-refractivity contribution in [2.45, 2.75) is 26.2 Å². The quantitative estimate of drug-likeness (QED) is 0.707. The molecule has 0 aromatic heterocycles. The number of hydrogen-bond acceptors (Lipinski definition) is 2. The van der Waals surface area contributed by atoms with Gasteiger partial charge in [-0.3, -0.25) is 0 Å². The molecule has 66 valence electrons. The van der Waals surface area contributed by atoms with Crippen molar-refractivity contribution in [3.05, 3.63) is 0 Å². The van der Waals surface area contributed by atoms with Gasteiger partial charge in [-0.25, -0.2) is 0 Å². The van der Waals surface area contributed by atoms with Gasteiger partial charge in [0.2, 0.25) is 0 Å². The van der Waals surface area contributed by atoms with Gasteiger partial charge in [0.15, 0.2) is 0 Å². The maximum Gasteiger partial charge on any atom is -0.00360 e. The Morgan fingerprint density at radius 3 is 2.91 bits per heavy atom. The Morgan fingerprint density at radius 1 is 1.45 bits per heavy atom. The maximum atomic E-state index is 5.71. The number of nitrogens with two attached hydrogens (primary N) is 1. The van der Waals surface area contributed by atoms with E-state index in [1.807, 2.05) is 0 Å². The normalized spacial score (nSPS) is 32.2. The molecule has 0 bridgehead atoms. The van der Waals surface area contributed by atoms with E-state index in [1.54, 1.807) is 0 Å². The molecule has 0 spiro atoms. The van der Waals surface area contributed by atoms with Crippen molar-refractivity contribution in [3.63, 3.8) is 0 Å². The van der Waals surface area contributed by atoms with Crippen molar-refractivity contribution in [1.29, 1.82) is 0 Å². The summed E-state index contributed by atoms with van der Waals surface area (Å²) in [5.74, 6) is 4.44. The molecule has 2 N–H and O–H groups in total. The average Bonchev–Trinajstić information content (AvgIpc) is 2.06. The monoisotopic (exact) mass is 173 g/mol. The summed E-state index contributed by atoms with van der Waals surface area (Å²) >= 11 is 2.11. The van der Waals surface area contributed by atoms with Crippen molar-refractivity contribution >= 4 is 11.8 Å². The highest BCUT2D eigenvalue weighted by Gasteiger charge is 2.22. The van der Waals surface area contributed by atoms with Crippen LogP contribution in [0.5, 0.6) is 0 Å². The lowest BCUT2D eigenvalue weighted by atomic mass is 9.88. The number of hydrogen-bond donors (Lipinski definition) is 1. The Kier molecular flexibility index (Phi) is 4.31. The Bertz CT molecular complexity index is 104. The summed E-state index contributed by atoms with van der Waals surface area (Å²) < 4.78 is 0. The summed E-state index contributed by atoms with van der Waals surface area (Å²) in [6, 6.07) is 0. The molecule has 1 heterocycles. The fourth-order valence-electron chi connectivity index (χ4n) is 1.84. The number of thioether (sulfide) groups is 1. The molecule has 1 aliphatic rings. The maximum absolute atomic E-state index is 5.71. The van der Waals surface area contributed by atoms with E-state index < -0.39 is 0 Å². The molecule has 0 aliphatic carbocycles. The SMILES string of the molecule is CCCC1CSCCC1CN. The van der Waals surface area contributed by atoms with Gasteiger partial charge in [-0.1, -0.05) is 13.3 Å². The highest BCUT2D eigenvalue weighted by atomic mass is 32.2. The van der Waals surface area contributed by atoms with Crippen LogP contribution in [0.4, 0.5) is 0 Å². The lowest BCUT2D eigenvalue weighted by Gasteiger charge is -2.29. The lowest BCUT2D eigenvalue weighted by Crippen LogP contribution is -2.29. The van der Waals surface area contributed by atoms with Crippen LogP contribution >= 0.6 is 11.8 Å². The standard InChI is InChI=1S/C9H19NS/c1-2-3-9-7-11-5-4-8(9)6-10/h8-9H,2-7,10H2,1H3. The van der Waals surface area contributed by atoms with E-state index >= 15 is 0 Å². The molecule has 11 heavy (non-hydrogen) atoms. The first-order chi connectivity index (χ1) is 5.38. The van der Waals surface area contributed by atoms with Gasteiger partial charge < -0.3 is 5.73 Å². The predicted octanol–water partition coefficient (Wildman–Crippen LogP) is 2.11. The van der Waals surface area contributed by atoms with Crippen LogP contribution in [0.15, 0.2) is 0 Å². The summed E-state index contributed by atoms with van der Waals surface area (Å²) in [6.07, 6.45) is 4.06. The smallest absolute Gasteiger partial charge is 0.00360 e. The fraction of sp³-hybridized carbons (Fsp3) is 1.00. The van der Waals surface area contributed by atoms with Gasteiger partial charge in [-0.15, -0.1) is 0 Å². The van der Waals surface area contributed by atoms with Gasteiger partial charge in [-0.2, -0.15) is 11.8 Å². The van der Waals surface area contributed by atoms with Gasteiger partial charge in [0.05, 0.1) is 0 Å². The topological polar surface area (TPSA) is 26.0 Å². The molecule has 0 amide bonds. The molecule has 0 saturated carbocycles. The van der Waals surface area contributed by atoms with Crippen molar-refractivity contribution < 1.29 is 0 Å². The minimum Gasteiger partial charge on any atom is -0.330 e. The van der Waals surface area contributed by atoms with Crippen LogP contribution in [0, 0.1) is 11.8 Å². The summed E-state index contributed by atoms with van der Waals surface area (Å²) in [4.78, 5) is 0. The van der Waals surface area contributed by atoms with Crippen LogP contribution in [-0.2, 0) is 0 Å². The lowest BCUT2D eigenvalue weighted by molar-refractivity contribution is 0.333. The first kappa shape index (κ1) is 9.40. The molecule has 0 radical (unpaired) electrons. The Morgan fingerprint density at radius 2 is 2.27 bits per heavy atom. The largest absolute Gasteiger partial charge is 0.330 e. The Labute approximate surface area is 74.1 Å². The van der Waals surface area contributed by atoms with E-state index in [4.69, 9.17) is 5.73 Å². The average molecular weight is 173 g/mol. The molecule has 1 fully saturated rings. The molecule has 1 rings (SSSR count). The van der Waals surface area contributed by atoms with Crippen molar-refractivity contribution in [2.75, 3.05) is 18.1 Å². The minimum atomic E-state index is 0.830. The molecule has 1 saturated heterocycles. The summed E-state index contributed by atoms with van der Waals surface area (Å²) in [7, 11) is 0. The van der Waals surface area contributed by atoms with Crippen molar-refractivity contribution in [2.24, 2.45) is 17.6 Å². The van der Waals surface area contributed by atoms with Crippen LogP contribution in [0.1, 0.15) is 26.2 Å². The van der Waals surface area contributed by atoms with Crippen molar-refractivity contribution in [1.82, 2.24) is 0 Å². The van der Waals surface area contributed by atoms with Gasteiger partial charge >= 0.3 is 0 Å². The van der Waals surface area contributed by atoms with E-state index in [0.717, 1.165) is 18.4 Å². The highest BCUT2D eigenvalue weighted by molar-refractivity contribution is 7.99. The van der Waals surface area contributed by atoms with Crippen LogP contribution in [0.3, 0.4) is 0 Å². The van der Waals surface area contributed by atoms with E-state index in [0.29, 0.717) is 0 Å². The third-order valence-corrected chi connectivity index (χ3v) is 3.78. The second-order valence-electron chi connectivity index (χ2n) is 3.41. The zero-order valence-electron chi connectivity index (χ0n) is 7.38. The zero-order valence-corrected chi connectivity index (χ0v) is 8.20. The molecule has 1 aliphatic heterocycles. The molecule has 0 aromatic rings. The summed E-state index contributed by atoms with van der Waals surface area (Å²) in [6.45, 7) is 3.18. The minimum absolute atomic E-state index is 0.830. The van der Waals surface area contributed by atoms with Gasteiger partial charge in [0.1, 0.15) is 0 Å². The third-order valence-electron chi connectivity index (χ3n) is 2.59. The predicted molar refractivity (Wildman–Crippen MR) is 52.9 cm³/mol. The van der Waals surface area contributed by atoms with Crippen LogP contribution in [-0.4, -0.2) is 18.1 Å². The first-order valence-electron chi connectivity index (χ1n) is 4.66. The molecular weight excluding hydrogens is 154 g/mol. The van der Waals surface area contributed by atoms with Crippen molar-refractivity contribution in [3.8, 4) is 0 Å². The number of rotatable bonds is 3. The molecule has 2 unspecified atom stereocenters. The van der Waals surface area contributed by atoms with Crippen LogP contribution < -0.4 is 5.73 Å². The Balaban J connectivity index is 2.31. The van der Waals surface area contributed by atoms with Gasteiger partial charge in [0, 0.05) is 0 Å².